The molecule has 0 unspecified atom stereocenters. The van der Waals surface area contributed by atoms with Gasteiger partial charge in [0.1, 0.15) is 5.75 Å². The molecule has 2 heteroatoms. The van der Waals surface area contributed by atoms with Crippen LogP contribution < -0.4 is 0 Å². The van der Waals surface area contributed by atoms with E-state index in [1.165, 1.54) is 25.7 Å². The van der Waals surface area contributed by atoms with E-state index in [0.717, 1.165) is 11.1 Å². The largest absolute Gasteiger partial charge is 0.507 e. The van der Waals surface area contributed by atoms with Crippen molar-refractivity contribution in [1.29, 1.82) is 0 Å². The van der Waals surface area contributed by atoms with E-state index < -0.39 is 0 Å². The van der Waals surface area contributed by atoms with Crippen LogP contribution in [0.1, 0.15) is 36.8 Å². The summed E-state index contributed by atoms with van der Waals surface area (Å²) in [5.41, 5.74) is 1.90. The van der Waals surface area contributed by atoms with Crippen molar-refractivity contribution in [2.24, 2.45) is 4.99 Å². The molecule has 0 heterocycles. The maximum absolute atomic E-state index is 9.67. The van der Waals surface area contributed by atoms with E-state index in [1.807, 2.05) is 25.3 Å². The summed E-state index contributed by atoms with van der Waals surface area (Å²) in [6.07, 6.45) is 6.79. The fourth-order valence-electron chi connectivity index (χ4n) is 2.00. The van der Waals surface area contributed by atoms with Crippen LogP contribution in [0, 0.1) is 6.92 Å². The van der Waals surface area contributed by atoms with Crippen molar-refractivity contribution < 1.29 is 5.11 Å². The number of rotatable bonds is 2. The standard InChI is InChI=1S/C13H17NO/c1-10-6-7-11(13(15)8-10)9-14-12-4-2-3-5-12/h6-9,12,15H,2-5H2,1H3. The Hall–Kier alpha value is -1.31. The van der Waals surface area contributed by atoms with E-state index in [4.69, 9.17) is 0 Å². The number of hydrogen-bond donors (Lipinski definition) is 1. The van der Waals surface area contributed by atoms with Gasteiger partial charge in [-0.2, -0.15) is 0 Å². The van der Waals surface area contributed by atoms with E-state index >= 15 is 0 Å². The molecule has 1 aliphatic carbocycles. The number of nitrogens with zero attached hydrogens (tertiary/aromatic N) is 1. The molecule has 0 spiro atoms. The quantitative estimate of drug-likeness (QED) is 0.736. The second-order valence-electron chi connectivity index (χ2n) is 4.28. The molecular formula is C13H17NO. The highest BCUT2D eigenvalue weighted by atomic mass is 16.3. The molecule has 1 saturated carbocycles. The Bertz CT molecular complexity index is 365. The van der Waals surface area contributed by atoms with Gasteiger partial charge in [-0.15, -0.1) is 0 Å². The van der Waals surface area contributed by atoms with Crippen LogP contribution >= 0.6 is 0 Å². The zero-order valence-corrected chi connectivity index (χ0v) is 9.11. The minimum absolute atomic E-state index is 0.330. The molecule has 0 amide bonds. The van der Waals surface area contributed by atoms with Crippen LogP contribution in [-0.4, -0.2) is 17.4 Å². The van der Waals surface area contributed by atoms with Crippen LogP contribution in [0.5, 0.6) is 5.75 Å². The van der Waals surface area contributed by atoms with Crippen LogP contribution in [0.15, 0.2) is 23.2 Å². The summed E-state index contributed by atoms with van der Waals surface area (Å²) >= 11 is 0. The van der Waals surface area contributed by atoms with Crippen molar-refractivity contribution >= 4 is 6.21 Å². The van der Waals surface area contributed by atoms with E-state index in [0.29, 0.717) is 11.8 Å². The number of aryl methyl sites for hydroxylation is 1. The number of aromatic hydroxyl groups is 1. The highest BCUT2D eigenvalue weighted by Crippen LogP contribution is 2.22. The van der Waals surface area contributed by atoms with Gasteiger partial charge < -0.3 is 5.11 Å². The van der Waals surface area contributed by atoms with Gasteiger partial charge in [0.2, 0.25) is 0 Å². The van der Waals surface area contributed by atoms with Crippen LogP contribution in [0.4, 0.5) is 0 Å². The molecule has 0 aliphatic heterocycles. The fourth-order valence-corrected chi connectivity index (χ4v) is 2.00. The Morgan fingerprint density at radius 2 is 2.07 bits per heavy atom. The number of phenols is 1. The molecule has 2 nitrogen and oxygen atoms in total. The van der Waals surface area contributed by atoms with E-state index in [9.17, 15) is 5.11 Å². The molecule has 1 aromatic carbocycles. The van der Waals surface area contributed by atoms with Crippen LogP contribution in [-0.2, 0) is 0 Å². The predicted octanol–water partition coefficient (Wildman–Crippen LogP) is 3.06. The van der Waals surface area contributed by atoms with Crippen molar-refractivity contribution in [2.45, 2.75) is 38.6 Å². The molecule has 1 aromatic rings. The van der Waals surface area contributed by atoms with Gasteiger partial charge in [-0.05, 0) is 37.5 Å². The maximum atomic E-state index is 9.67. The second kappa shape index (κ2) is 4.47. The SMILES string of the molecule is Cc1ccc(C=NC2CCCC2)c(O)c1. The van der Waals surface area contributed by atoms with Crippen LogP contribution in [0.2, 0.25) is 0 Å². The third-order valence-corrected chi connectivity index (χ3v) is 2.94. The highest BCUT2D eigenvalue weighted by molar-refractivity contribution is 5.83. The number of hydrogen-bond acceptors (Lipinski definition) is 2. The topological polar surface area (TPSA) is 32.6 Å². The first-order chi connectivity index (χ1) is 7.25. The molecule has 1 aliphatic rings. The van der Waals surface area contributed by atoms with Gasteiger partial charge in [0, 0.05) is 17.8 Å². The molecule has 0 bridgehead atoms. The predicted molar refractivity (Wildman–Crippen MR) is 62.7 cm³/mol. The lowest BCUT2D eigenvalue weighted by Gasteiger charge is -2.03. The van der Waals surface area contributed by atoms with Crippen molar-refractivity contribution in [3.05, 3.63) is 29.3 Å². The first-order valence-electron chi connectivity index (χ1n) is 5.58. The zero-order valence-electron chi connectivity index (χ0n) is 9.11. The molecule has 0 aromatic heterocycles. The summed E-state index contributed by atoms with van der Waals surface area (Å²) in [4.78, 5) is 4.50. The van der Waals surface area contributed by atoms with Gasteiger partial charge in [-0.3, -0.25) is 4.99 Å². The monoisotopic (exact) mass is 203 g/mol. The Morgan fingerprint density at radius 1 is 1.33 bits per heavy atom. The van der Waals surface area contributed by atoms with Crippen LogP contribution in [0.25, 0.3) is 0 Å². The van der Waals surface area contributed by atoms with Gasteiger partial charge in [0.05, 0.1) is 0 Å². The summed E-state index contributed by atoms with van der Waals surface area (Å²) in [6.45, 7) is 1.97. The lowest BCUT2D eigenvalue weighted by molar-refractivity contribution is 0.474. The normalized spacial score (nSPS) is 17.7. The minimum atomic E-state index is 0.330. The molecule has 2 rings (SSSR count). The average molecular weight is 203 g/mol. The summed E-state index contributed by atoms with van der Waals surface area (Å²) in [5.74, 6) is 0.330. The van der Waals surface area contributed by atoms with Crippen molar-refractivity contribution in [2.75, 3.05) is 0 Å². The fraction of sp³-hybridized carbons (Fsp3) is 0.462. The van der Waals surface area contributed by atoms with E-state index in [1.54, 1.807) is 6.07 Å². The summed E-state index contributed by atoms with van der Waals surface area (Å²) in [5, 5.41) is 9.67. The summed E-state index contributed by atoms with van der Waals surface area (Å²) < 4.78 is 0. The molecular weight excluding hydrogens is 186 g/mol. The third-order valence-electron chi connectivity index (χ3n) is 2.94. The second-order valence-corrected chi connectivity index (χ2v) is 4.28. The van der Waals surface area contributed by atoms with Gasteiger partial charge in [-0.25, -0.2) is 0 Å². The molecule has 15 heavy (non-hydrogen) atoms. The number of phenolic OH excluding ortho intramolecular Hbond substituents is 1. The van der Waals surface area contributed by atoms with Gasteiger partial charge >= 0.3 is 0 Å². The first-order valence-corrected chi connectivity index (χ1v) is 5.58. The summed E-state index contributed by atoms with van der Waals surface area (Å²) in [6, 6.07) is 6.17. The zero-order chi connectivity index (χ0) is 10.7. The lowest BCUT2D eigenvalue weighted by atomic mass is 10.1. The Morgan fingerprint density at radius 3 is 2.73 bits per heavy atom. The Kier molecular flexibility index (Phi) is 3.05. The van der Waals surface area contributed by atoms with Crippen LogP contribution in [0.3, 0.4) is 0 Å². The maximum Gasteiger partial charge on any atom is 0.124 e. The highest BCUT2D eigenvalue weighted by Gasteiger charge is 2.12. The molecule has 1 N–H and O–H groups in total. The third kappa shape index (κ3) is 2.58. The van der Waals surface area contributed by atoms with Gasteiger partial charge in [0.25, 0.3) is 0 Å². The molecule has 1 fully saturated rings. The number of aliphatic imine (C=N–C) groups is 1. The lowest BCUT2D eigenvalue weighted by Crippen LogP contribution is -1.96. The molecule has 0 radical (unpaired) electrons. The molecule has 80 valence electrons. The van der Waals surface area contributed by atoms with Crippen molar-refractivity contribution in [3.63, 3.8) is 0 Å². The van der Waals surface area contributed by atoms with E-state index in [2.05, 4.69) is 4.99 Å². The van der Waals surface area contributed by atoms with Gasteiger partial charge in [0.15, 0.2) is 0 Å². The number of benzene rings is 1. The Labute approximate surface area is 90.7 Å². The van der Waals surface area contributed by atoms with Crippen molar-refractivity contribution in [3.8, 4) is 5.75 Å². The summed E-state index contributed by atoms with van der Waals surface area (Å²) in [7, 11) is 0. The smallest absolute Gasteiger partial charge is 0.124 e. The van der Waals surface area contributed by atoms with Crippen molar-refractivity contribution in [1.82, 2.24) is 0 Å². The minimum Gasteiger partial charge on any atom is -0.507 e. The molecule has 0 saturated heterocycles. The van der Waals surface area contributed by atoms with Gasteiger partial charge in [-0.1, -0.05) is 18.9 Å². The Balaban J connectivity index is 2.09. The molecule has 0 atom stereocenters. The van der Waals surface area contributed by atoms with E-state index in [-0.39, 0.29) is 0 Å². The average Bonchev–Trinajstić information content (AvgIpc) is 2.69. The first kappa shape index (κ1) is 10.2.